The summed E-state index contributed by atoms with van der Waals surface area (Å²) in [7, 11) is 0. The maximum Gasteiger partial charge on any atom is 0.265 e. The lowest BCUT2D eigenvalue weighted by molar-refractivity contribution is 0.0936. The number of benzene rings is 1. The zero-order valence-electron chi connectivity index (χ0n) is 12.1. The van der Waals surface area contributed by atoms with Crippen molar-refractivity contribution in [2.75, 3.05) is 0 Å². The van der Waals surface area contributed by atoms with Crippen LogP contribution in [-0.2, 0) is 0 Å². The molecular weight excluding hydrogens is 319 g/mol. The van der Waals surface area contributed by atoms with E-state index in [-0.39, 0.29) is 17.1 Å². The number of carbonyl (C=O) groups is 1. The highest BCUT2D eigenvalue weighted by molar-refractivity contribution is 7.17. The standard InChI is InChI=1S/C16H13FN2O3S/c1-8(9-2-4-10(17)5-3-9)18-15(21)12-13(20)14-11(6-7-23-14)19-16(12)22/h2-8H,1H3,(H,18,21)(H2,19,20,22)/t8-/m1/s1. The van der Waals surface area contributed by atoms with E-state index >= 15 is 0 Å². The molecule has 0 unspecified atom stereocenters. The fourth-order valence-corrected chi connectivity index (χ4v) is 3.11. The summed E-state index contributed by atoms with van der Waals surface area (Å²) >= 11 is 1.23. The van der Waals surface area contributed by atoms with Crippen LogP contribution in [0.1, 0.15) is 28.9 Å². The third-order valence-electron chi connectivity index (χ3n) is 3.54. The molecule has 23 heavy (non-hydrogen) atoms. The van der Waals surface area contributed by atoms with Gasteiger partial charge in [-0.05, 0) is 36.1 Å². The molecule has 0 fully saturated rings. The number of thiophene rings is 1. The van der Waals surface area contributed by atoms with Crippen molar-refractivity contribution in [1.82, 2.24) is 10.3 Å². The number of rotatable bonds is 3. The average Bonchev–Trinajstić information content (AvgIpc) is 2.96. The molecule has 7 heteroatoms. The van der Waals surface area contributed by atoms with Crippen LogP contribution in [0.2, 0.25) is 0 Å². The van der Waals surface area contributed by atoms with Crippen LogP contribution in [-0.4, -0.2) is 16.0 Å². The molecule has 0 aliphatic heterocycles. The number of H-pyrrole nitrogens is 1. The molecule has 3 N–H and O–H groups in total. The number of nitrogens with one attached hydrogen (secondary N) is 2. The Balaban J connectivity index is 1.91. The summed E-state index contributed by atoms with van der Waals surface area (Å²) < 4.78 is 13.4. The summed E-state index contributed by atoms with van der Waals surface area (Å²) in [5.74, 6) is -1.39. The fourth-order valence-electron chi connectivity index (χ4n) is 2.31. The second-order valence-electron chi connectivity index (χ2n) is 5.09. The van der Waals surface area contributed by atoms with Gasteiger partial charge >= 0.3 is 0 Å². The van der Waals surface area contributed by atoms with Crippen LogP contribution in [0, 0.1) is 5.82 Å². The minimum Gasteiger partial charge on any atom is -0.505 e. The predicted molar refractivity (Wildman–Crippen MR) is 86.4 cm³/mol. The molecule has 0 radical (unpaired) electrons. The first-order valence-electron chi connectivity index (χ1n) is 6.86. The largest absolute Gasteiger partial charge is 0.505 e. The van der Waals surface area contributed by atoms with Crippen molar-refractivity contribution in [3.8, 4) is 5.75 Å². The minimum atomic E-state index is -0.684. The van der Waals surface area contributed by atoms with E-state index in [0.29, 0.717) is 15.8 Å². The van der Waals surface area contributed by atoms with Gasteiger partial charge in [-0.15, -0.1) is 11.3 Å². The second kappa shape index (κ2) is 5.85. The number of halogens is 1. The molecule has 1 aromatic carbocycles. The van der Waals surface area contributed by atoms with E-state index in [1.54, 1.807) is 30.5 Å². The van der Waals surface area contributed by atoms with Gasteiger partial charge in [0.2, 0.25) is 0 Å². The number of amides is 1. The van der Waals surface area contributed by atoms with Gasteiger partial charge in [-0.2, -0.15) is 0 Å². The van der Waals surface area contributed by atoms with Crippen molar-refractivity contribution in [1.29, 1.82) is 0 Å². The van der Waals surface area contributed by atoms with Gasteiger partial charge in [0.05, 0.1) is 16.3 Å². The van der Waals surface area contributed by atoms with E-state index in [1.165, 1.54) is 23.5 Å². The Hall–Kier alpha value is -2.67. The quantitative estimate of drug-likeness (QED) is 0.690. The van der Waals surface area contributed by atoms with Crippen molar-refractivity contribution in [2.24, 2.45) is 0 Å². The average molecular weight is 332 g/mol. The van der Waals surface area contributed by atoms with Crippen LogP contribution in [0.15, 0.2) is 40.5 Å². The molecule has 3 rings (SSSR count). The smallest absolute Gasteiger partial charge is 0.265 e. The van der Waals surface area contributed by atoms with Gasteiger partial charge in [0.1, 0.15) is 11.4 Å². The number of aromatic nitrogens is 1. The number of aromatic hydroxyl groups is 1. The first-order valence-corrected chi connectivity index (χ1v) is 7.74. The van der Waals surface area contributed by atoms with Crippen molar-refractivity contribution in [3.05, 3.63) is 63.0 Å². The molecule has 1 amide bonds. The summed E-state index contributed by atoms with van der Waals surface area (Å²) in [6, 6.07) is 6.89. The Morgan fingerprint density at radius 2 is 2.00 bits per heavy atom. The summed E-state index contributed by atoms with van der Waals surface area (Å²) in [6.45, 7) is 1.71. The Morgan fingerprint density at radius 3 is 2.70 bits per heavy atom. The normalized spacial score (nSPS) is 12.3. The maximum absolute atomic E-state index is 12.9. The fraction of sp³-hybridized carbons (Fsp3) is 0.125. The lowest BCUT2D eigenvalue weighted by atomic mass is 10.1. The first kappa shape index (κ1) is 15.2. The van der Waals surface area contributed by atoms with Gasteiger partial charge < -0.3 is 15.4 Å². The predicted octanol–water partition coefficient (Wildman–Crippen LogP) is 2.93. The highest BCUT2D eigenvalue weighted by Crippen LogP contribution is 2.29. The number of pyridine rings is 1. The number of fused-ring (bicyclic) bond motifs is 1. The molecule has 0 bridgehead atoms. The highest BCUT2D eigenvalue weighted by Gasteiger charge is 2.21. The summed E-state index contributed by atoms with van der Waals surface area (Å²) in [6.07, 6.45) is 0. The maximum atomic E-state index is 12.9. The van der Waals surface area contributed by atoms with Crippen LogP contribution >= 0.6 is 11.3 Å². The van der Waals surface area contributed by atoms with Gasteiger partial charge in [-0.3, -0.25) is 9.59 Å². The number of carbonyl (C=O) groups excluding carboxylic acids is 1. The van der Waals surface area contributed by atoms with Gasteiger partial charge in [-0.25, -0.2) is 4.39 Å². The van der Waals surface area contributed by atoms with Crippen LogP contribution in [0.4, 0.5) is 4.39 Å². The Labute approximate surface area is 134 Å². The molecule has 0 saturated carbocycles. The van der Waals surface area contributed by atoms with Crippen molar-refractivity contribution < 1.29 is 14.3 Å². The molecule has 5 nitrogen and oxygen atoms in total. The van der Waals surface area contributed by atoms with Crippen molar-refractivity contribution in [3.63, 3.8) is 0 Å². The number of aromatic amines is 1. The Kier molecular flexibility index (Phi) is 3.87. The molecule has 0 aliphatic carbocycles. The Morgan fingerprint density at radius 1 is 1.30 bits per heavy atom. The third-order valence-corrected chi connectivity index (χ3v) is 4.46. The van der Waals surface area contributed by atoms with E-state index < -0.39 is 17.5 Å². The Bertz CT molecular complexity index is 931. The summed E-state index contributed by atoms with van der Waals surface area (Å²) in [5, 5.41) is 14.5. The van der Waals surface area contributed by atoms with Gasteiger partial charge in [0, 0.05) is 0 Å². The molecule has 0 saturated heterocycles. The van der Waals surface area contributed by atoms with Crippen LogP contribution in [0.3, 0.4) is 0 Å². The van der Waals surface area contributed by atoms with Crippen LogP contribution in [0.5, 0.6) is 5.75 Å². The zero-order chi connectivity index (χ0) is 16.6. The first-order chi connectivity index (χ1) is 11.0. The van der Waals surface area contributed by atoms with E-state index in [9.17, 15) is 19.1 Å². The highest BCUT2D eigenvalue weighted by atomic mass is 32.1. The summed E-state index contributed by atoms with van der Waals surface area (Å²) in [5.41, 5.74) is 0.194. The number of hydrogen-bond acceptors (Lipinski definition) is 4. The van der Waals surface area contributed by atoms with Gasteiger partial charge in [0.15, 0.2) is 5.75 Å². The molecular formula is C16H13FN2O3S. The van der Waals surface area contributed by atoms with E-state index in [0.717, 1.165) is 0 Å². The molecule has 2 aromatic heterocycles. The SMILES string of the molecule is C[C@@H](NC(=O)c1c(O)c2sccc2[nH]c1=O)c1ccc(F)cc1. The van der Waals surface area contributed by atoms with Crippen molar-refractivity contribution in [2.45, 2.75) is 13.0 Å². The molecule has 0 aliphatic rings. The van der Waals surface area contributed by atoms with Crippen LogP contribution < -0.4 is 10.9 Å². The lowest BCUT2D eigenvalue weighted by Crippen LogP contribution is -2.31. The molecule has 0 spiro atoms. The van der Waals surface area contributed by atoms with Gasteiger partial charge in [-0.1, -0.05) is 12.1 Å². The van der Waals surface area contributed by atoms with E-state index in [1.807, 2.05) is 0 Å². The van der Waals surface area contributed by atoms with Crippen LogP contribution in [0.25, 0.3) is 10.2 Å². The van der Waals surface area contributed by atoms with Gasteiger partial charge in [0.25, 0.3) is 11.5 Å². The minimum absolute atomic E-state index is 0.325. The molecule has 2 heterocycles. The lowest BCUT2D eigenvalue weighted by Gasteiger charge is -2.14. The van der Waals surface area contributed by atoms with Crippen molar-refractivity contribution >= 4 is 27.5 Å². The monoisotopic (exact) mass is 332 g/mol. The molecule has 1 atom stereocenters. The number of hydrogen-bond donors (Lipinski definition) is 3. The second-order valence-corrected chi connectivity index (χ2v) is 6.00. The van der Waals surface area contributed by atoms with E-state index in [2.05, 4.69) is 10.3 Å². The topological polar surface area (TPSA) is 82.2 Å². The molecule has 118 valence electrons. The van der Waals surface area contributed by atoms with E-state index in [4.69, 9.17) is 0 Å². The molecule has 3 aromatic rings. The third kappa shape index (κ3) is 2.83. The summed E-state index contributed by atoms with van der Waals surface area (Å²) in [4.78, 5) is 26.9. The zero-order valence-corrected chi connectivity index (χ0v) is 12.9.